The van der Waals surface area contributed by atoms with Crippen molar-refractivity contribution in [1.29, 1.82) is 0 Å². The third-order valence-corrected chi connectivity index (χ3v) is 0.722. The summed E-state index contributed by atoms with van der Waals surface area (Å²) in [5.41, 5.74) is 0. The summed E-state index contributed by atoms with van der Waals surface area (Å²) in [7, 11) is 0. The second-order valence-electron chi connectivity index (χ2n) is 1.55. The van der Waals surface area contributed by atoms with Gasteiger partial charge in [0.1, 0.15) is 12.2 Å². The van der Waals surface area contributed by atoms with Crippen molar-refractivity contribution >= 4 is 11.8 Å². The number of hydrogen-bond acceptors (Lipinski definition) is 2. The smallest absolute Gasteiger partial charge is 0.310 e. The molecular formula is C5H7FO3. The monoisotopic (exact) mass is 134 g/mol. The van der Waals surface area contributed by atoms with Crippen molar-refractivity contribution in [3.63, 3.8) is 0 Å². The largest absolute Gasteiger partial charge is 0.481 e. The highest BCUT2D eigenvalue weighted by Gasteiger charge is 2.05. The Hall–Kier alpha value is -0.930. The van der Waals surface area contributed by atoms with Gasteiger partial charge in [-0.2, -0.15) is 0 Å². The van der Waals surface area contributed by atoms with Crippen LogP contribution in [0.25, 0.3) is 0 Å². The Balaban J connectivity index is 3.39. The van der Waals surface area contributed by atoms with Crippen LogP contribution in [0.1, 0.15) is 12.8 Å². The molecule has 0 aliphatic heterocycles. The number of ketones is 1. The van der Waals surface area contributed by atoms with Crippen LogP contribution in [-0.4, -0.2) is 23.5 Å². The number of rotatable bonds is 4. The summed E-state index contributed by atoms with van der Waals surface area (Å²) in [6.07, 6.45) is -0.851. The minimum atomic E-state index is -1.20. The standard InChI is InChI=1S/C5H7FO3/c6-2-1-4(7)3-5(8)9/h1-3H2,(H,8,9). The van der Waals surface area contributed by atoms with Crippen molar-refractivity contribution in [2.45, 2.75) is 12.8 Å². The molecule has 3 nitrogen and oxygen atoms in total. The van der Waals surface area contributed by atoms with Gasteiger partial charge in [0, 0.05) is 6.42 Å². The molecule has 4 heteroatoms. The Labute approximate surface area is 51.5 Å². The van der Waals surface area contributed by atoms with Crippen molar-refractivity contribution in [2.75, 3.05) is 6.67 Å². The van der Waals surface area contributed by atoms with Crippen molar-refractivity contribution in [2.24, 2.45) is 0 Å². The van der Waals surface area contributed by atoms with E-state index in [2.05, 4.69) is 0 Å². The normalized spacial score (nSPS) is 9.00. The summed E-state index contributed by atoms with van der Waals surface area (Å²) in [5, 5.41) is 7.97. The molecule has 0 aromatic rings. The number of hydrogen-bond donors (Lipinski definition) is 1. The summed E-state index contributed by atoms with van der Waals surface area (Å²) >= 11 is 0. The van der Waals surface area contributed by atoms with Gasteiger partial charge in [-0.25, -0.2) is 0 Å². The zero-order valence-electron chi connectivity index (χ0n) is 4.76. The Morgan fingerprint density at radius 1 is 1.44 bits per heavy atom. The zero-order valence-corrected chi connectivity index (χ0v) is 4.76. The molecule has 0 rings (SSSR count). The quantitative estimate of drug-likeness (QED) is 0.566. The van der Waals surface area contributed by atoms with Crippen molar-refractivity contribution < 1.29 is 19.1 Å². The minimum absolute atomic E-state index is 0.285. The molecule has 0 saturated carbocycles. The van der Waals surface area contributed by atoms with E-state index in [1.165, 1.54) is 0 Å². The van der Waals surface area contributed by atoms with Gasteiger partial charge in [-0.05, 0) is 0 Å². The van der Waals surface area contributed by atoms with Crippen LogP contribution in [0.4, 0.5) is 4.39 Å². The Morgan fingerprint density at radius 2 is 2.00 bits per heavy atom. The predicted octanol–water partition coefficient (Wildman–Crippen LogP) is 0.390. The topological polar surface area (TPSA) is 54.4 Å². The molecule has 0 unspecified atom stereocenters. The van der Waals surface area contributed by atoms with Crippen LogP contribution in [0.2, 0.25) is 0 Å². The van der Waals surface area contributed by atoms with Crippen LogP contribution in [-0.2, 0) is 9.59 Å². The fourth-order valence-corrected chi connectivity index (χ4v) is 0.362. The highest BCUT2D eigenvalue weighted by Crippen LogP contribution is 1.89. The molecule has 0 bridgehead atoms. The lowest BCUT2D eigenvalue weighted by Crippen LogP contribution is -2.06. The van der Waals surface area contributed by atoms with E-state index in [4.69, 9.17) is 5.11 Å². The fourth-order valence-electron chi connectivity index (χ4n) is 0.362. The maximum Gasteiger partial charge on any atom is 0.310 e. The first-order valence-electron chi connectivity index (χ1n) is 2.46. The molecular weight excluding hydrogens is 127 g/mol. The third kappa shape index (κ3) is 4.93. The van der Waals surface area contributed by atoms with Crippen LogP contribution in [0, 0.1) is 0 Å². The minimum Gasteiger partial charge on any atom is -0.481 e. The van der Waals surface area contributed by atoms with Gasteiger partial charge in [-0.15, -0.1) is 0 Å². The number of Topliss-reactive ketones (excluding diaryl/α,β-unsaturated/α-hetero) is 1. The molecule has 0 amide bonds. The lowest BCUT2D eigenvalue weighted by molar-refractivity contribution is -0.140. The number of carbonyl (C=O) groups is 2. The summed E-state index contributed by atoms with van der Waals surface area (Å²) in [4.78, 5) is 20.0. The van der Waals surface area contributed by atoms with Crippen molar-refractivity contribution in [3.05, 3.63) is 0 Å². The van der Waals surface area contributed by atoms with Crippen LogP contribution >= 0.6 is 0 Å². The number of alkyl halides is 1. The molecule has 0 aromatic heterocycles. The van der Waals surface area contributed by atoms with Gasteiger partial charge in [0.2, 0.25) is 0 Å². The van der Waals surface area contributed by atoms with E-state index >= 15 is 0 Å². The maximum absolute atomic E-state index is 11.3. The van der Waals surface area contributed by atoms with Crippen molar-refractivity contribution in [3.8, 4) is 0 Å². The Kier molecular flexibility index (Phi) is 3.59. The summed E-state index contributed by atoms with van der Waals surface area (Å²) in [6, 6.07) is 0. The number of carbonyl (C=O) groups excluding carboxylic acids is 1. The van der Waals surface area contributed by atoms with E-state index in [1.54, 1.807) is 0 Å². The second kappa shape index (κ2) is 4.00. The summed E-state index contributed by atoms with van der Waals surface area (Å²) < 4.78 is 11.3. The average Bonchev–Trinajstić information content (AvgIpc) is 1.63. The molecule has 0 fully saturated rings. The van der Waals surface area contributed by atoms with Gasteiger partial charge in [-0.3, -0.25) is 14.0 Å². The second-order valence-corrected chi connectivity index (χ2v) is 1.55. The van der Waals surface area contributed by atoms with Crippen LogP contribution < -0.4 is 0 Å². The van der Waals surface area contributed by atoms with Gasteiger partial charge < -0.3 is 5.11 Å². The molecule has 1 N–H and O–H groups in total. The lowest BCUT2D eigenvalue weighted by Gasteiger charge is -1.88. The molecule has 0 aromatic carbocycles. The maximum atomic E-state index is 11.3. The first-order valence-corrected chi connectivity index (χ1v) is 2.46. The van der Waals surface area contributed by atoms with E-state index in [0.717, 1.165) is 0 Å². The van der Waals surface area contributed by atoms with Crippen LogP contribution in [0.5, 0.6) is 0 Å². The molecule has 0 saturated heterocycles. The highest BCUT2D eigenvalue weighted by atomic mass is 19.1. The van der Waals surface area contributed by atoms with E-state index in [9.17, 15) is 14.0 Å². The third-order valence-electron chi connectivity index (χ3n) is 0.722. The summed E-state index contributed by atoms with van der Waals surface area (Å²) in [6.45, 7) is -0.772. The molecule has 0 aliphatic carbocycles. The Bertz CT molecular complexity index is 121. The zero-order chi connectivity index (χ0) is 7.28. The van der Waals surface area contributed by atoms with Gasteiger partial charge in [0.05, 0.1) is 6.67 Å². The van der Waals surface area contributed by atoms with E-state index < -0.39 is 24.8 Å². The van der Waals surface area contributed by atoms with E-state index in [-0.39, 0.29) is 6.42 Å². The van der Waals surface area contributed by atoms with Crippen LogP contribution in [0.3, 0.4) is 0 Å². The van der Waals surface area contributed by atoms with Crippen molar-refractivity contribution in [1.82, 2.24) is 0 Å². The lowest BCUT2D eigenvalue weighted by atomic mass is 10.2. The number of carboxylic acids is 1. The first-order chi connectivity index (χ1) is 4.16. The number of carboxylic acid groups (broad SMARTS) is 1. The van der Waals surface area contributed by atoms with Gasteiger partial charge in [0.25, 0.3) is 0 Å². The van der Waals surface area contributed by atoms with Gasteiger partial charge >= 0.3 is 5.97 Å². The first kappa shape index (κ1) is 8.07. The molecule has 9 heavy (non-hydrogen) atoms. The summed E-state index contributed by atoms with van der Waals surface area (Å²) in [5.74, 6) is -1.77. The average molecular weight is 134 g/mol. The SMILES string of the molecule is O=C(O)CC(=O)CCF. The molecule has 52 valence electrons. The van der Waals surface area contributed by atoms with Gasteiger partial charge in [-0.1, -0.05) is 0 Å². The Morgan fingerprint density at radius 3 is 2.33 bits per heavy atom. The molecule has 0 heterocycles. The van der Waals surface area contributed by atoms with E-state index in [0.29, 0.717) is 0 Å². The predicted molar refractivity (Wildman–Crippen MR) is 27.9 cm³/mol. The van der Waals surface area contributed by atoms with Crippen LogP contribution in [0.15, 0.2) is 0 Å². The molecule has 0 aliphatic rings. The van der Waals surface area contributed by atoms with Gasteiger partial charge in [0.15, 0.2) is 0 Å². The fraction of sp³-hybridized carbons (Fsp3) is 0.600. The number of halogens is 1. The molecule has 0 spiro atoms. The number of aliphatic carboxylic acids is 1. The van der Waals surface area contributed by atoms with E-state index in [1.807, 2.05) is 0 Å². The molecule has 0 radical (unpaired) electrons. The highest BCUT2D eigenvalue weighted by molar-refractivity contribution is 5.94. The molecule has 0 atom stereocenters.